The maximum atomic E-state index is 13.5. The smallest absolute Gasteiger partial charge is 0.251 e. The Kier molecular flexibility index (Phi) is 9.01. The molecule has 40 heavy (non-hydrogen) atoms. The van der Waals surface area contributed by atoms with E-state index in [0.29, 0.717) is 55.5 Å². The Morgan fingerprint density at radius 1 is 0.900 bits per heavy atom. The van der Waals surface area contributed by atoms with Crippen LogP contribution in [0.3, 0.4) is 0 Å². The number of amides is 3. The lowest BCUT2D eigenvalue weighted by molar-refractivity contribution is -0.140. The van der Waals surface area contributed by atoms with E-state index < -0.39 is 6.04 Å². The molecule has 3 amide bonds. The Hall–Kier alpha value is -3.43. The van der Waals surface area contributed by atoms with Gasteiger partial charge in [-0.1, -0.05) is 30.3 Å². The Bertz CT molecular complexity index is 1160. The fourth-order valence-electron chi connectivity index (χ4n) is 5.78. The molecule has 3 atom stereocenters. The standard InChI is InChI=1S/C31H41N5O4/c1-34-16-18-36(19-17-34)31(39)28(33-30(38)23-8-10-25(40-2)11-9-23)21-29(37)35-14-12-24(13-15-35)32-27-20-26(27)22-6-4-3-5-7-22/h3-11,24,26-28,32H,12-21H2,1-2H3,(H,33,38)/t26-,27+,28-/m0/s1. The summed E-state index contributed by atoms with van der Waals surface area (Å²) in [6, 6.07) is 17.4. The Morgan fingerprint density at radius 2 is 1.57 bits per heavy atom. The number of carbonyl (C=O) groups excluding carboxylic acids is 3. The second-order valence-electron chi connectivity index (χ2n) is 11.3. The molecule has 3 aliphatic rings. The van der Waals surface area contributed by atoms with E-state index in [1.807, 2.05) is 11.9 Å². The SMILES string of the molecule is COc1ccc(C(=O)N[C@@H](CC(=O)N2CCC(N[C@@H]3C[C@H]3c3ccccc3)CC2)C(=O)N2CCN(C)CC2)cc1. The van der Waals surface area contributed by atoms with Gasteiger partial charge in [-0.15, -0.1) is 0 Å². The van der Waals surface area contributed by atoms with Crippen LogP contribution < -0.4 is 15.4 Å². The number of rotatable bonds is 9. The molecule has 2 aromatic rings. The number of ether oxygens (including phenoxy) is 1. The first-order valence-corrected chi connectivity index (χ1v) is 14.4. The molecule has 214 valence electrons. The third-order valence-electron chi connectivity index (χ3n) is 8.46. The zero-order valence-corrected chi connectivity index (χ0v) is 23.6. The average molecular weight is 548 g/mol. The quantitative estimate of drug-likeness (QED) is 0.500. The maximum absolute atomic E-state index is 13.5. The molecule has 0 bridgehead atoms. The molecular formula is C31H41N5O4. The Labute approximate surface area is 236 Å². The molecule has 2 heterocycles. The van der Waals surface area contributed by atoms with Crippen LogP contribution in [0.25, 0.3) is 0 Å². The van der Waals surface area contributed by atoms with Crippen LogP contribution >= 0.6 is 0 Å². The highest BCUT2D eigenvalue weighted by Crippen LogP contribution is 2.41. The van der Waals surface area contributed by atoms with Gasteiger partial charge in [0.25, 0.3) is 5.91 Å². The lowest BCUT2D eigenvalue weighted by atomic mass is 10.0. The van der Waals surface area contributed by atoms with Gasteiger partial charge in [-0.25, -0.2) is 0 Å². The maximum Gasteiger partial charge on any atom is 0.251 e. The monoisotopic (exact) mass is 547 g/mol. The van der Waals surface area contributed by atoms with Crippen LogP contribution in [0, 0.1) is 0 Å². The molecule has 1 aliphatic carbocycles. The molecule has 0 aromatic heterocycles. The first-order chi connectivity index (χ1) is 19.4. The number of nitrogens with zero attached hydrogens (tertiary/aromatic N) is 3. The van der Waals surface area contributed by atoms with Crippen molar-refractivity contribution < 1.29 is 19.1 Å². The predicted octanol–water partition coefficient (Wildman–Crippen LogP) is 2.09. The number of hydrogen-bond donors (Lipinski definition) is 2. The topological polar surface area (TPSA) is 94.2 Å². The zero-order valence-electron chi connectivity index (χ0n) is 23.6. The minimum atomic E-state index is -0.903. The number of nitrogens with one attached hydrogen (secondary N) is 2. The normalized spacial score (nSPS) is 22.4. The molecule has 0 spiro atoms. The van der Waals surface area contributed by atoms with Crippen molar-refractivity contribution in [1.82, 2.24) is 25.3 Å². The number of piperazine rings is 1. The highest BCUT2D eigenvalue weighted by atomic mass is 16.5. The molecule has 2 N–H and O–H groups in total. The molecule has 0 radical (unpaired) electrons. The third kappa shape index (κ3) is 7.01. The van der Waals surface area contributed by atoms with Gasteiger partial charge in [-0.2, -0.15) is 0 Å². The number of benzene rings is 2. The summed E-state index contributed by atoms with van der Waals surface area (Å²) in [4.78, 5) is 45.7. The second-order valence-corrected chi connectivity index (χ2v) is 11.3. The molecule has 2 saturated heterocycles. The van der Waals surface area contributed by atoms with Crippen LogP contribution in [0.1, 0.15) is 47.5 Å². The van der Waals surface area contributed by atoms with E-state index in [-0.39, 0.29) is 24.1 Å². The number of carbonyl (C=O) groups is 3. The minimum absolute atomic E-state index is 0.0378. The van der Waals surface area contributed by atoms with Gasteiger partial charge in [0.05, 0.1) is 13.5 Å². The summed E-state index contributed by atoms with van der Waals surface area (Å²) < 4.78 is 5.18. The van der Waals surface area contributed by atoms with E-state index >= 15 is 0 Å². The summed E-state index contributed by atoms with van der Waals surface area (Å²) in [5.74, 6) is 0.571. The van der Waals surface area contributed by atoms with Crippen molar-refractivity contribution in [1.29, 1.82) is 0 Å². The van der Waals surface area contributed by atoms with E-state index in [1.54, 1.807) is 36.3 Å². The van der Waals surface area contributed by atoms with E-state index in [0.717, 1.165) is 32.4 Å². The summed E-state index contributed by atoms with van der Waals surface area (Å²) in [6.07, 6.45) is 2.90. The van der Waals surface area contributed by atoms with E-state index in [1.165, 1.54) is 5.56 Å². The molecule has 2 aliphatic heterocycles. The molecule has 9 nitrogen and oxygen atoms in total. The van der Waals surface area contributed by atoms with Crippen LogP contribution in [0.5, 0.6) is 5.75 Å². The summed E-state index contributed by atoms with van der Waals surface area (Å²) in [6.45, 7) is 4.01. The molecule has 0 unspecified atom stereocenters. The first-order valence-electron chi connectivity index (χ1n) is 14.4. The summed E-state index contributed by atoms with van der Waals surface area (Å²) >= 11 is 0. The fraction of sp³-hybridized carbons (Fsp3) is 0.516. The van der Waals surface area contributed by atoms with E-state index in [9.17, 15) is 14.4 Å². The molecule has 2 aromatic carbocycles. The fourth-order valence-corrected chi connectivity index (χ4v) is 5.78. The molecular weight excluding hydrogens is 506 g/mol. The number of hydrogen-bond acceptors (Lipinski definition) is 6. The molecule has 9 heteroatoms. The average Bonchev–Trinajstić information content (AvgIpc) is 3.76. The minimum Gasteiger partial charge on any atom is -0.497 e. The molecule has 3 fully saturated rings. The van der Waals surface area contributed by atoms with Crippen LogP contribution in [0.4, 0.5) is 0 Å². The van der Waals surface area contributed by atoms with E-state index in [2.05, 4.69) is 45.9 Å². The number of methoxy groups -OCH3 is 1. The van der Waals surface area contributed by atoms with Gasteiger partial charge in [0.2, 0.25) is 11.8 Å². The van der Waals surface area contributed by atoms with Crippen LogP contribution in [0.2, 0.25) is 0 Å². The first kappa shape index (κ1) is 28.1. The van der Waals surface area contributed by atoms with Gasteiger partial charge in [0.1, 0.15) is 11.8 Å². The summed E-state index contributed by atoms with van der Waals surface area (Å²) in [7, 11) is 3.59. The zero-order chi connectivity index (χ0) is 28.1. The van der Waals surface area contributed by atoms with Crippen molar-refractivity contribution in [2.24, 2.45) is 0 Å². The Balaban J connectivity index is 1.16. The highest BCUT2D eigenvalue weighted by Gasteiger charge is 2.40. The Morgan fingerprint density at radius 3 is 2.23 bits per heavy atom. The van der Waals surface area contributed by atoms with Crippen molar-refractivity contribution in [2.45, 2.75) is 49.7 Å². The lowest BCUT2D eigenvalue weighted by Gasteiger charge is -2.36. The molecule has 1 saturated carbocycles. The van der Waals surface area contributed by atoms with Crippen LogP contribution in [-0.2, 0) is 9.59 Å². The van der Waals surface area contributed by atoms with Crippen molar-refractivity contribution in [3.8, 4) is 5.75 Å². The van der Waals surface area contributed by atoms with Gasteiger partial charge in [0, 0.05) is 62.8 Å². The van der Waals surface area contributed by atoms with Crippen molar-refractivity contribution in [2.75, 3.05) is 53.4 Å². The lowest BCUT2D eigenvalue weighted by Crippen LogP contribution is -2.56. The van der Waals surface area contributed by atoms with Crippen LogP contribution in [0.15, 0.2) is 54.6 Å². The van der Waals surface area contributed by atoms with Gasteiger partial charge in [-0.05, 0) is 56.1 Å². The van der Waals surface area contributed by atoms with Crippen molar-refractivity contribution in [3.05, 3.63) is 65.7 Å². The van der Waals surface area contributed by atoms with Crippen molar-refractivity contribution in [3.63, 3.8) is 0 Å². The van der Waals surface area contributed by atoms with Gasteiger partial charge >= 0.3 is 0 Å². The summed E-state index contributed by atoms with van der Waals surface area (Å²) in [5, 5.41) is 6.66. The van der Waals surface area contributed by atoms with Gasteiger partial charge in [-0.3, -0.25) is 14.4 Å². The summed E-state index contributed by atoms with van der Waals surface area (Å²) in [5.41, 5.74) is 1.81. The third-order valence-corrected chi connectivity index (χ3v) is 8.46. The number of piperidine rings is 1. The second kappa shape index (κ2) is 12.8. The van der Waals surface area contributed by atoms with Gasteiger partial charge in [0.15, 0.2) is 0 Å². The number of likely N-dealkylation sites (N-methyl/N-ethyl adjacent to an activating group) is 1. The van der Waals surface area contributed by atoms with Crippen LogP contribution in [-0.4, -0.2) is 104 Å². The predicted molar refractivity (Wildman–Crippen MR) is 153 cm³/mol. The molecule has 5 rings (SSSR count). The largest absolute Gasteiger partial charge is 0.497 e. The van der Waals surface area contributed by atoms with E-state index in [4.69, 9.17) is 4.74 Å². The van der Waals surface area contributed by atoms with Crippen molar-refractivity contribution >= 4 is 17.7 Å². The number of likely N-dealkylation sites (tertiary alicyclic amines) is 1. The van der Waals surface area contributed by atoms with Gasteiger partial charge < -0.3 is 30.1 Å². The highest BCUT2D eigenvalue weighted by molar-refractivity contribution is 5.99.